The molecule has 1 aromatic heterocycles. The van der Waals surface area contributed by atoms with Crippen molar-refractivity contribution in [1.82, 2.24) is 4.98 Å². The van der Waals surface area contributed by atoms with Gasteiger partial charge in [-0.1, -0.05) is 0 Å². The van der Waals surface area contributed by atoms with Crippen molar-refractivity contribution in [2.24, 2.45) is 5.73 Å². The molecule has 1 aliphatic rings. The Kier molecular flexibility index (Phi) is 4.15. The number of rotatable bonds is 3. The molecule has 1 aromatic rings. The van der Waals surface area contributed by atoms with E-state index < -0.39 is 4.92 Å². The quantitative estimate of drug-likeness (QED) is 0.662. The average molecular weight is 275 g/mol. The van der Waals surface area contributed by atoms with E-state index >= 15 is 0 Å². The van der Waals surface area contributed by atoms with E-state index in [2.05, 4.69) is 4.98 Å². The Labute approximate surface area is 117 Å². The molecule has 1 saturated carbocycles. The normalized spacial score (nSPS) is 22.1. The van der Waals surface area contributed by atoms with Crippen LogP contribution in [0.15, 0.2) is 12.3 Å². The minimum absolute atomic E-state index is 0.124. The number of pyridine rings is 1. The van der Waals surface area contributed by atoms with Crippen LogP contribution in [0, 0.1) is 21.4 Å². The molecule has 106 valence electrons. The number of nitrogens with zero attached hydrogens (tertiary/aromatic N) is 4. The van der Waals surface area contributed by atoms with Crippen molar-refractivity contribution in [3.8, 4) is 6.07 Å². The third kappa shape index (κ3) is 2.86. The van der Waals surface area contributed by atoms with Crippen LogP contribution in [0.3, 0.4) is 0 Å². The minimum Gasteiger partial charge on any atom is -0.351 e. The summed E-state index contributed by atoms with van der Waals surface area (Å²) in [4.78, 5) is 16.6. The smallest absolute Gasteiger partial charge is 0.312 e. The van der Waals surface area contributed by atoms with Crippen molar-refractivity contribution in [3.63, 3.8) is 0 Å². The second-order valence-corrected chi connectivity index (χ2v) is 5.12. The molecule has 0 aromatic carbocycles. The van der Waals surface area contributed by atoms with Crippen molar-refractivity contribution in [2.45, 2.75) is 37.8 Å². The summed E-state index contributed by atoms with van der Waals surface area (Å²) >= 11 is 0. The summed E-state index contributed by atoms with van der Waals surface area (Å²) in [6, 6.07) is 3.57. The molecule has 0 amide bonds. The first-order valence-corrected chi connectivity index (χ1v) is 6.56. The molecule has 0 unspecified atom stereocenters. The molecule has 0 aliphatic heterocycles. The van der Waals surface area contributed by atoms with Gasteiger partial charge in [0.1, 0.15) is 6.07 Å². The van der Waals surface area contributed by atoms with E-state index in [1.54, 1.807) is 0 Å². The fraction of sp³-hybridized carbons (Fsp3) is 0.538. The molecule has 2 rings (SSSR count). The zero-order chi connectivity index (χ0) is 14.7. The van der Waals surface area contributed by atoms with Crippen LogP contribution in [0.4, 0.5) is 11.5 Å². The van der Waals surface area contributed by atoms with Gasteiger partial charge in [-0.2, -0.15) is 5.26 Å². The van der Waals surface area contributed by atoms with Gasteiger partial charge < -0.3 is 10.6 Å². The predicted octanol–water partition coefficient (Wildman–Crippen LogP) is 1.57. The number of nitro groups is 1. The molecule has 0 bridgehead atoms. The Morgan fingerprint density at radius 2 is 2.15 bits per heavy atom. The van der Waals surface area contributed by atoms with E-state index in [1.807, 2.05) is 18.0 Å². The summed E-state index contributed by atoms with van der Waals surface area (Å²) in [5.41, 5.74) is 5.94. The van der Waals surface area contributed by atoms with Crippen molar-refractivity contribution in [3.05, 3.63) is 27.9 Å². The third-order valence-electron chi connectivity index (χ3n) is 3.80. The molecule has 0 atom stereocenters. The average Bonchev–Trinajstić information content (AvgIpc) is 2.46. The van der Waals surface area contributed by atoms with Crippen LogP contribution in [0.1, 0.15) is 31.2 Å². The number of nitriles is 1. The summed E-state index contributed by atoms with van der Waals surface area (Å²) in [5, 5.41) is 19.9. The standard InChI is InChI=1S/C13H17N5O2/c1-17(11-4-2-10(15)3-5-11)13-12(18(19)20)6-9(7-14)8-16-13/h6,8,10-11H,2-5,15H2,1H3. The molecule has 1 heterocycles. The number of hydrogen-bond donors (Lipinski definition) is 1. The minimum atomic E-state index is -0.492. The first-order chi connectivity index (χ1) is 9.52. The highest BCUT2D eigenvalue weighted by atomic mass is 16.6. The van der Waals surface area contributed by atoms with Gasteiger partial charge in [0.05, 0.1) is 10.5 Å². The summed E-state index contributed by atoms with van der Waals surface area (Å²) in [5.74, 6) is 0.314. The topological polar surface area (TPSA) is 109 Å². The van der Waals surface area contributed by atoms with E-state index in [-0.39, 0.29) is 23.3 Å². The Hall–Kier alpha value is -2.20. The Balaban J connectivity index is 2.27. The molecule has 0 radical (unpaired) electrons. The van der Waals surface area contributed by atoms with E-state index in [0.717, 1.165) is 25.7 Å². The van der Waals surface area contributed by atoms with Crippen molar-refractivity contribution in [1.29, 1.82) is 5.26 Å². The lowest BCUT2D eigenvalue weighted by Crippen LogP contribution is -2.39. The molecule has 7 nitrogen and oxygen atoms in total. The lowest BCUT2D eigenvalue weighted by Gasteiger charge is -2.33. The first-order valence-electron chi connectivity index (χ1n) is 6.56. The van der Waals surface area contributed by atoms with Gasteiger partial charge in [-0.3, -0.25) is 10.1 Å². The number of nitrogens with two attached hydrogens (primary N) is 1. The molecule has 7 heteroatoms. The van der Waals surface area contributed by atoms with E-state index in [0.29, 0.717) is 5.82 Å². The van der Waals surface area contributed by atoms with E-state index in [1.165, 1.54) is 12.3 Å². The van der Waals surface area contributed by atoms with Gasteiger partial charge in [-0.25, -0.2) is 4.98 Å². The van der Waals surface area contributed by atoms with Crippen LogP contribution in [0.5, 0.6) is 0 Å². The molecular weight excluding hydrogens is 258 g/mol. The van der Waals surface area contributed by atoms with E-state index in [4.69, 9.17) is 11.0 Å². The summed E-state index contributed by atoms with van der Waals surface area (Å²) < 4.78 is 0. The van der Waals surface area contributed by atoms with Gasteiger partial charge >= 0.3 is 5.69 Å². The van der Waals surface area contributed by atoms with Gasteiger partial charge in [0.15, 0.2) is 0 Å². The van der Waals surface area contributed by atoms with Crippen LogP contribution in [0.25, 0.3) is 0 Å². The fourth-order valence-electron chi connectivity index (χ4n) is 2.58. The Bertz CT molecular complexity index is 546. The van der Waals surface area contributed by atoms with Gasteiger partial charge in [-0.05, 0) is 25.7 Å². The van der Waals surface area contributed by atoms with Crippen LogP contribution in [-0.2, 0) is 0 Å². The number of aromatic nitrogens is 1. The van der Waals surface area contributed by atoms with Crippen LogP contribution >= 0.6 is 0 Å². The molecule has 1 fully saturated rings. The maximum atomic E-state index is 11.1. The monoisotopic (exact) mass is 275 g/mol. The lowest BCUT2D eigenvalue weighted by molar-refractivity contribution is -0.384. The maximum absolute atomic E-state index is 11.1. The van der Waals surface area contributed by atoms with Crippen LogP contribution in [0.2, 0.25) is 0 Å². The first kappa shape index (κ1) is 14.2. The highest BCUT2D eigenvalue weighted by Crippen LogP contribution is 2.31. The highest BCUT2D eigenvalue weighted by molar-refractivity contribution is 5.60. The van der Waals surface area contributed by atoms with E-state index in [9.17, 15) is 10.1 Å². The largest absolute Gasteiger partial charge is 0.351 e. The molecule has 1 aliphatic carbocycles. The molecule has 0 saturated heterocycles. The second-order valence-electron chi connectivity index (χ2n) is 5.12. The van der Waals surface area contributed by atoms with Gasteiger partial charge in [0, 0.05) is 31.4 Å². The molecule has 0 spiro atoms. The van der Waals surface area contributed by atoms with Gasteiger partial charge in [0.25, 0.3) is 0 Å². The fourth-order valence-corrected chi connectivity index (χ4v) is 2.58. The number of anilines is 1. The molecule has 2 N–H and O–H groups in total. The van der Waals surface area contributed by atoms with Gasteiger partial charge in [0.2, 0.25) is 5.82 Å². The summed E-state index contributed by atoms with van der Waals surface area (Å²) in [7, 11) is 1.81. The number of hydrogen-bond acceptors (Lipinski definition) is 6. The molecule has 20 heavy (non-hydrogen) atoms. The van der Waals surface area contributed by atoms with Crippen LogP contribution in [-0.4, -0.2) is 29.0 Å². The SMILES string of the molecule is CN(c1ncc(C#N)cc1[N+](=O)[O-])C1CCC(N)CC1. The van der Waals surface area contributed by atoms with Gasteiger partial charge in [-0.15, -0.1) is 0 Å². The van der Waals surface area contributed by atoms with Crippen LogP contribution < -0.4 is 10.6 Å². The highest BCUT2D eigenvalue weighted by Gasteiger charge is 2.27. The Morgan fingerprint density at radius 1 is 1.50 bits per heavy atom. The summed E-state index contributed by atoms with van der Waals surface area (Å²) in [6.07, 6.45) is 5.00. The zero-order valence-electron chi connectivity index (χ0n) is 11.3. The van der Waals surface area contributed by atoms with Crippen molar-refractivity contribution < 1.29 is 4.92 Å². The predicted molar refractivity (Wildman–Crippen MR) is 74.2 cm³/mol. The Morgan fingerprint density at radius 3 is 2.70 bits per heavy atom. The zero-order valence-corrected chi connectivity index (χ0v) is 11.3. The lowest BCUT2D eigenvalue weighted by atomic mass is 9.91. The third-order valence-corrected chi connectivity index (χ3v) is 3.80. The second kappa shape index (κ2) is 5.84. The van der Waals surface area contributed by atoms with Crippen molar-refractivity contribution >= 4 is 11.5 Å². The molecular formula is C13H17N5O2. The summed E-state index contributed by atoms with van der Waals surface area (Å²) in [6.45, 7) is 0. The maximum Gasteiger partial charge on any atom is 0.312 e. The van der Waals surface area contributed by atoms with Crippen molar-refractivity contribution in [2.75, 3.05) is 11.9 Å².